The number of imide groups is 1. The van der Waals surface area contributed by atoms with Gasteiger partial charge in [-0.1, -0.05) is 59.7 Å². The van der Waals surface area contributed by atoms with Gasteiger partial charge in [0.15, 0.2) is 0 Å². The summed E-state index contributed by atoms with van der Waals surface area (Å²) in [5.41, 5.74) is 1.97. The van der Waals surface area contributed by atoms with Crippen molar-refractivity contribution in [1.82, 2.24) is 4.90 Å². The second-order valence-electron chi connectivity index (χ2n) is 9.82. The summed E-state index contributed by atoms with van der Waals surface area (Å²) in [4.78, 5) is 26.7. The Morgan fingerprint density at radius 1 is 1.00 bits per heavy atom. The van der Waals surface area contributed by atoms with E-state index in [1.165, 1.54) is 6.07 Å². The Morgan fingerprint density at radius 3 is 2.06 bits per heavy atom. The molecule has 164 valence electrons. The molecular weight excluding hydrogens is 413 g/mol. The number of hydrogen-bond acceptors (Lipinski definition) is 4. The van der Waals surface area contributed by atoms with E-state index in [1.54, 1.807) is 24.3 Å². The van der Waals surface area contributed by atoms with Gasteiger partial charge in [0, 0.05) is 16.7 Å². The molecule has 4 nitrogen and oxygen atoms in total. The van der Waals surface area contributed by atoms with Crippen LogP contribution in [0, 0.1) is 5.82 Å². The maximum absolute atomic E-state index is 14.0. The van der Waals surface area contributed by atoms with Crippen molar-refractivity contribution < 1.29 is 19.1 Å². The minimum absolute atomic E-state index is 0.106. The average molecular weight is 442 g/mol. The average Bonchev–Trinajstić information content (AvgIpc) is 2.90. The summed E-state index contributed by atoms with van der Waals surface area (Å²) in [6.07, 6.45) is 1.68. The molecular formula is C25H28FNO3S. The number of carbonyl (C=O) groups is 2. The highest BCUT2D eigenvalue weighted by Crippen LogP contribution is 2.41. The number of phenols is 1. The van der Waals surface area contributed by atoms with Gasteiger partial charge in [-0.05, 0) is 52.4 Å². The third-order valence-corrected chi connectivity index (χ3v) is 6.11. The summed E-state index contributed by atoms with van der Waals surface area (Å²) in [6.45, 7) is 12.0. The Morgan fingerprint density at radius 2 is 1.55 bits per heavy atom. The molecule has 0 spiro atoms. The number of amides is 2. The minimum Gasteiger partial charge on any atom is -0.507 e. The van der Waals surface area contributed by atoms with E-state index in [0.717, 1.165) is 33.4 Å². The van der Waals surface area contributed by atoms with Gasteiger partial charge in [-0.25, -0.2) is 4.39 Å². The molecule has 1 N–H and O–H groups in total. The van der Waals surface area contributed by atoms with Crippen LogP contribution in [0.5, 0.6) is 5.75 Å². The summed E-state index contributed by atoms with van der Waals surface area (Å²) < 4.78 is 14.0. The molecule has 31 heavy (non-hydrogen) atoms. The van der Waals surface area contributed by atoms with Crippen molar-refractivity contribution in [2.24, 2.45) is 0 Å². The molecule has 0 atom stereocenters. The smallest absolute Gasteiger partial charge is 0.293 e. The number of hydrogen-bond donors (Lipinski definition) is 1. The molecule has 2 aromatic rings. The molecule has 0 unspecified atom stereocenters. The lowest BCUT2D eigenvalue weighted by Gasteiger charge is -2.28. The second-order valence-corrected chi connectivity index (χ2v) is 10.8. The Kier molecular flexibility index (Phi) is 6.07. The number of phenolic OH excluding ortho intramolecular Hbond substituents is 1. The lowest BCUT2D eigenvalue weighted by Crippen LogP contribution is -2.27. The monoisotopic (exact) mass is 441 g/mol. The van der Waals surface area contributed by atoms with Crippen molar-refractivity contribution in [3.05, 3.63) is 69.4 Å². The highest BCUT2D eigenvalue weighted by Gasteiger charge is 2.36. The first kappa shape index (κ1) is 23.1. The molecule has 0 bridgehead atoms. The fourth-order valence-corrected chi connectivity index (χ4v) is 4.31. The van der Waals surface area contributed by atoms with Gasteiger partial charge in [-0.3, -0.25) is 14.5 Å². The van der Waals surface area contributed by atoms with E-state index in [1.807, 2.05) is 53.7 Å². The summed E-state index contributed by atoms with van der Waals surface area (Å²) in [5.74, 6) is -0.639. The van der Waals surface area contributed by atoms with Crippen molar-refractivity contribution in [2.45, 2.75) is 58.9 Å². The summed E-state index contributed by atoms with van der Waals surface area (Å²) >= 11 is 0.846. The minimum atomic E-state index is -0.450. The van der Waals surface area contributed by atoms with Gasteiger partial charge in [-0.15, -0.1) is 0 Å². The van der Waals surface area contributed by atoms with Crippen LogP contribution in [0.15, 0.2) is 41.3 Å². The van der Waals surface area contributed by atoms with Crippen LogP contribution in [-0.4, -0.2) is 21.2 Å². The van der Waals surface area contributed by atoms with E-state index in [-0.39, 0.29) is 28.0 Å². The van der Waals surface area contributed by atoms with Gasteiger partial charge in [0.1, 0.15) is 11.6 Å². The Balaban J connectivity index is 2.01. The first-order valence-corrected chi connectivity index (χ1v) is 11.0. The van der Waals surface area contributed by atoms with Crippen LogP contribution in [0.1, 0.15) is 63.8 Å². The lowest BCUT2D eigenvalue weighted by atomic mass is 9.78. The van der Waals surface area contributed by atoms with E-state index in [9.17, 15) is 19.1 Å². The van der Waals surface area contributed by atoms with Gasteiger partial charge >= 0.3 is 0 Å². The van der Waals surface area contributed by atoms with Crippen LogP contribution in [0.2, 0.25) is 0 Å². The molecule has 3 rings (SSSR count). The molecule has 0 aromatic heterocycles. The van der Waals surface area contributed by atoms with E-state index in [2.05, 4.69) is 0 Å². The van der Waals surface area contributed by atoms with Crippen molar-refractivity contribution in [1.29, 1.82) is 0 Å². The predicted molar refractivity (Wildman–Crippen MR) is 123 cm³/mol. The number of benzene rings is 2. The zero-order valence-electron chi connectivity index (χ0n) is 18.7. The molecule has 6 heteroatoms. The van der Waals surface area contributed by atoms with Crippen LogP contribution in [0.4, 0.5) is 9.18 Å². The second kappa shape index (κ2) is 8.15. The Bertz CT molecular complexity index is 1040. The van der Waals surface area contributed by atoms with Crippen molar-refractivity contribution in [3.63, 3.8) is 0 Å². The van der Waals surface area contributed by atoms with Crippen LogP contribution in [-0.2, 0) is 22.2 Å². The number of thioether (sulfide) groups is 1. The Hall–Kier alpha value is -2.60. The van der Waals surface area contributed by atoms with Crippen LogP contribution in [0.25, 0.3) is 6.08 Å². The third kappa shape index (κ3) is 4.85. The third-order valence-electron chi connectivity index (χ3n) is 5.21. The van der Waals surface area contributed by atoms with Gasteiger partial charge in [0.05, 0.1) is 11.4 Å². The molecule has 1 saturated heterocycles. The van der Waals surface area contributed by atoms with Crippen molar-refractivity contribution >= 4 is 29.0 Å². The van der Waals surface area contributed by atoms with Crippen molar-refractivity contribution in [2.75, 3.05) is 0 Å². The quantitative estimate of drug-likeness (QED) is 0.563. The highest BCUT2D eigenvalue weighted by atomic mass is 32.2. The van der Waals surface area contributed by atoms with E-state index in [4.69, 9.17) is 0 Å². The van der Waals surface area contributed by atoms with Gasteiger partial charge in [-0.2, -0.15) is 0 Å². The Labute approximate surface area is 187 Å². The molecule has 0 saturated carbocycles. The zero-order valence-corrected chi connectivity index (χ0v) is 19.6. The molecule has 1 heterocycles. The lowest BCUT2D eigenvalue weighted by molar-refractivity contribution is -0.123. The standard InChI is InChI=1S/C25H28FNO3S/c1-24(2,3)17-11-15(12-18(21(17)28)25(4,5)6)13-20-22(29)27(23(30)31-20)14-16-9-7-8-10-19(16)26/h7-13,28H,14H2,1-6H3. The molecule has 0 aliphatic carbocycles. The largest absolute Gasteiger partial charge is 0.507 e. The summed E-state index contributed by atoms with van der Waals surface area (Å²) in [7, 11) is 0. The highest BCUT2D eigenvalue weighted by molar-refractivity contribution is 8.18. The van der Waals surface area contributed by atoms with Crippen LogP contribution < -0.4 is 0 Å². The van der Waals surface area contributed by atoms with Crippen LogP contribution >= 0.6 is 11.8 Å². The van der Waals surface area contributed by atoms with Gasteiger partial charge in [0.25, 0.3) is 11.1 Å². The summed E-state index contributed by atoms with van der Waals surface area (Å²) in [6, 6.07) is 9.82. The molecule has 1 aliphatic heterocycles. The topological polar surface area (TPSA) is 57.6 Å². The van der Waals surface area contributed by atoms with E-state index >= 15 is 0 Å². The number of nitrogens with zero attached hydrogens (tertiary/aromatic N) is 1. The first-order chi connectivity index (χ1) is 14.3. The zero-order chi connectivity index (χ0) is 23.1. The maximum atomic E-state index is 14.0. The van der Waals surface area contributed by atoms with E-state index in [0.29, 0.717) is 5.56 Å². The van der Waals surface area contributed by atoms with Crippen LogP contribution in [0.3, 0.4) is 0 Å². The van der Waals surface area contributed by atoms with Crippen molar-refractivity contribution in [3.8, 4) is 5.75 Å². The molecule has 1 aliphatic rings. The van der Waals surface area contributed by atoms with Gasteiger partial charge in [0.2, 0.25) is 0 Å². The molecule has 0 radical (unpaired) electrons. The van der Waals surface area contributed by atoms with Gasteiger partial charge < -0.3 is 5.11 Å². The molecule has 2 aromatic carbocycles. The first-order valence-electron chi connectivity index (χ1n) is 10.2. The predicted octanol–water partition coefficient (Wildman–Crippen LogP) is 6.36. The maximum Gasteiger partial charge on any atom is 0.293 e. The number of aromatic hydroxyl groups is 1. The normalized spacial score (nSPS) is 16.5. The van der Waals surface area contributed by atoms with E-state index < -0.39 is 17.0 Å². The number of halogens is 1. The fourth-order valence-electron chi connectivity index (χ4n) is 3.47. The SMILES string of the molecule is CC(C)(C)c1cc(C=C2SC(=O)N(Cc3ccccc3F)C2=O)cc(C(C)(C)C)c1O. The molecule has 1 fully saturated rings. The summed E-state index contributed by atoms with van der Waals surface area (Å²) in [5, 5.41) is 10.5. The number of rotatable bonds is 3. The fraction of sp³-hybridized carbons (Fsp3) is 0.360. The number of carbonyl (C=O) groups excluding carboxylic acids is 2. The molecule has 2 amide bonds.